The standard InChI is InChI=1S/C6H12S/c1-4-5-6(2)7-3/h4,6H,1,5H2,2-3H3. The lowest BCUT2D eigenvalue weighted by Crippen LogP contribution is -1.89. The van der Waals surface area contributed by atoms with Gasteiger partial charge in [0.1, 0.15) is 0 Å². The summed E-state index contributed by atoms with van der Waals surface area (Å²) in [7, 11) is 0. The van der Waals surface area contributed by atoms with Crippen molar-refractivity contribution in [2.75, 3.05) is 6.26 Å². The van der Waals surface area contributed by atoms with E-state index in [0.717, 1.165) is 11.7 Å². The summed E-state index contributed by atoms with van der Waals surface area (Å²) in [6, 6.07) is 0. The number of thioether (sulfide) groups is 1. The van der Waals surface area contributed by atoms with Gasteiger partial charge in [-0.2, -0.15) is 11.8 Å². The van der Waals surface area contributed by atoms with Crippen LogP contribution in [0, 0.1) is 0 Å². The normalized spacial score (nSPS) is 13.4. The molecule has 1 heteroatoms. The Morgan fingerprint density at radius 3 is 2.57 bits per heavy atom. The van der Waals surface area contributed by atoms with Gasteiger partial charge in [0, 0.05) is 5.25 Å². The number of hydrogen-bond donors (Lipinski definition) is 0. The summed E-state index contributed by atoms with van der Waals surface area (Å²) in [6.07, 6.45) is 5.20. The Morgan fingerprint density at radius 2 is 2.43 bits per heavy atom. The van der Waals surface area contributed by atoms with Gasteiger partial charge in [0.15, 0.2) is 0 Å². The molecule has 7 heavy (non-hydrogen) atoms. The van der Waals surface area contributed by atoms with Gasteiger partial charge >= 0.3 is 0 Å². The summed E-state index contributed by atoms with van der Waals surface area (Å²) in [5, 5.41) is 0.748. The van der Waals surface area contributed by atoms with E-state index in [0.29, 0.717) is 0 Å². The minimum Gasteiger partial charge on any atom is -0.162 e. The van der Waals surface area contributed by atoms with Gasteiger partial charge in [-0.05, 0) is 12.7 Å². The van der Waals surface area contributed by atoms with Crippen LogP contribution in [0.2, 0.25) is 0 Å². The second-order valence-electron chi connectivity index (χ2n) is 1.57. The average molecular weight is 116 g/mol. The topological polar surface area (TPSA) is 0 Å². The van der Waals surface area contributed by atoms with Gasteiger partial charge in [0.05, 0.1) is 0 Å². The number of rotatable bonds is 3. The molecule has 0 aromatic carbocycles. The number of allylic oxidation sites excluding steroid dienone is 1. The van der Waals surface area contributed by atoms with Gasteiger partial charge in [-0.1, -0.05) is 13.0 Å². The Hall–Kier alpha value is 0.0900. The van der Waals surface area contributed by atoms with Gasteiger partial charge in [0.25, 0.3) is 0 Å². The maximum absolute atomic E-state index is 3.64. The van der Waals surface area contributed by atoms with Gasteiger partial charge in [-0.25, -0.2) is 0 Å². The van der Waals surface area contributed by atoms with Crippen LogP contribution in [0.4, 0.5) is 0 Å². The molecule has 0 aromatic heterocycles. The predicted octanol–water partition coefficient (Wildman–Crippen LogP) is 2.31. The Balaban J connectivity index is 2.98. The molecule has 0 bridgehead atoms. The fraction of sp³-hybridized carbons (Fsp3) is 0.667. The summed E-state index contributed by atoms with van der Waals surface area (Å²) in [4.78, 5) is 0. The molecule has 0 radical (unpaired) electrons. The molecule has 0 rings (SSSR count). The van der Waals surface area contributed by atoms with Crippen LogP contribution in [-0.2, 0) is 0 Å². The third-order valence-electron chi connectivity index (χ3n) is 0.901. The lowest BCUT2D eigenvalue weighted by Gasteiger charge is -2.00. The Kier molecular flexibility index (Phi) is 4.31. The maximum atomic E-state index is 3.64. The van der Waals surface area contributed by atoms with Crippen molar-refractivity contribution in [1.29, 1.82) is 0 Å². The van der Waals surface area contributed by atoms with E-state index < -0.39 is 0 Å². The smallest absolute Gasteiger partial charge is 0.00503 e. The first-order valence-electron chi connectivity index (χ1n) is 2.45. The summed E-state index contributed by atoms with van der Waals surface area (Å²) >= 11 is 1.88. The summed E-state index contributed by atoms with van der Waals surface area (Å²) < 4.78 is 0. The Bertz CT molecular complexity index is 50.1. The fourth-order valence-corrected chi connectivity index (χ4v) is 0.659. The van der Waals surface area contributed by atoms with E-state index in [4.69, 9.17) is 0 Å². The van der Waals surface area contributed by atoms with Crippen LogP contribution in [0.25, 0.3) is 0 Å². The van der Waals surface area contributed by atoms with Crippen LogP contribution < -0.4 is 0 Å². The molecule has 0 saturated heterocycles. The van der Waals surface area contributed by atoms with E-state index in [-0.39, 0.29) is 0 Å². The van der Waals surface area contributed by atoms with Crippen LogP contribution in [0.1, 0.15) is 13.3 Å². The summed E-state index contributed by atoms with van der Waals surface area (Å²) in [5.41, 5.74) is 0. The zero-order chi connectivity index (χ0) is 5.70. The molecule has 0 spiro atoms. The summed E-state index contributed by atoms with van der Waals surface area (Å²) in [6.45, 7) is 5.84. The molecule has 0 N–H and O–H groups in total. The molecule has 0 aliphatic heterocycles. The zero-order valence-electron chi connectivity index (χ0n) is 4.98. The average Bonchev–Trinajstić information content (AvgIpc) is 1.68. The predicted molar refractivity (Wildman–Crippen MR) is 37.8 cm³/mol. The molecule has 1 unspecified atom stereocenters. The molecule has 1 atom stereocenters. The first kappa shape index (κ1) is 7.09. The summed E-state index contributed by atoms with van der Waals surface area (Å²) in [5.74, 6) is 0. The molecular weight excluding hydrogens is 104 g/mol. The highest BCUT2D eigenvalue weighted by Gasteiger charge is 1.91. The second kappa shape index (κ2) is 4.25. The van der Waals surface area contributed by atoms with Crippen LogP contribution in [0.5, 0.6) is 0 Å². The highest BCUT2D eigenvalue weighted by atomic mass is 32.2. The molecule has 0 aliphatic rings. The van der Waals surface area contributed by atoms with E-state index in [1.807, 2.05) is 17.8 Å². The Morgan fingerprint density at radius 1 is 1.86 bits per heavy atom. The molecule has 0 saturated carbocycles. The van der Waals surface area contributed by atoms with Crippen molar-refractivity contribution in [2.24, 2.45) is 0 Å². The molecule has 0 aromatic rings. The van der Waals surface area contributed by atoms with E-state index in [1.54, 1.807) is 0 Å². The van der Waals surface area contributed by atoms with Crippen molar-refractivity contribution in [1.82, 2.24) is 0 Å². The van der Waals surface area contributed by atoms with Gasteiger partial charge in [0.2, 0.25) is 0 Å². The highest BCUT2D eigenvalue weighted by Crippen LogP contribution is 2.08. The van der Waals surface area contributed by atoms with Crippen molar-refractivity contribution in [3.8, 4) is 0 Å². The largest absolute Gasteiger partial charge is 0.162 e. The highest BCUT2D eigenvalue weighted by molar-refractivity contribution is 7.99. The third kappa shape index (κ3) is 3.93. The van der Waals surface area contributed by atoms with E-state index in [9.17, 15) is 0 Å². The molecule has 42 valence electrons. The molecule has 0 heterocycles. The minimum atomic E-state index is 0.748. The minimum absolute atomic E-state index is 0.748. The first-order chi connectivity index (χ1) is 3.31. The van der Waals surface area contributed by atoms with Crippen molar-refractivity contribution >= 4 is 11.8 Å². The van der Waals surface area contributed by atoms with E-state index >= 15 is 0 Å². The second-order valence-corrected chi connectivity index (χ2v) is 2.85. The molecule has 0 fully saturated rings. The quantitative estimate of drug-likeness (QED) is 0.510. The van der Waals surface area contributed by atoms with Gasteiger partial charge in [-0.3, -0.25) is 0 Å². The van der Waals surface area contributed by atoms with Crippen molar-refractivity contribution in [2.45, 2.75) is 18.6 Å². The van der Waals surface area contributed by atoms with E-state index in [1.165, 1.54) is 0 Å². The lowest BCUT2D eigenvalue weighted by atomic mass is 10.3. The molecule has 0 aliphatic carbocycles. The monoisotopic (exact) mass is 116 g/mol. The molecule has 0 amide bonds. The van der Waals surface area contributed by atoms with Crippen LogP contribution in [0.3, 0.4) is 0 Å². The lowest BCUT2D eigenvalue weighted by molar-refractivity contribution is 0.987. The van der Waals surface area contributed by atoms with Crippen molar-refractivity contribution < 1.29 is 0 Å². The molecule has 0 nitrogen and oxygen atoms in total. The van der Waals surface area contributed by atoms with Crippen LogP contribution >= 0.6 is 11.8 Å². The van der Waals surface area contributed by atoms with Gasteiger partial charge < -0.3 is 0 Å². The maximum Gasteiger partial charge on any atom is 0.00503 e. The zero-order valence-corrected chi connectivity index (χ0v) is 5.79. The van der Waals surface area contributed by atoms with Crippen LogP contribution in [0.15, 0.2) is 12.7 Å². The fourth-order valence-electron chi connectivity index (χ4n) is 0.331. The number of hydrogen-bond acceptors (Lipinski definition) is 1. The SMILES string of the molecule is C=CCC(C)SC. The van der Waals surface area contributed by atoms with Gasteiger partial charge in [-0.15, -0.1) is 6.58 Å². The Labute approximate surface area is 50.0 Å². The first-order valence-corrected chi connectivity index (χ1v) is 3.73. The third-order valence-corrected chi connectivity index (χ3v) is 1.90. The van der Waals surface area contributed by atoms with E-state index in [2.05, 4.69) is 19.8 Å². The molecular formula is C6H12S. The van der Waals surface area contributed by atoms with Crippen molar-refractivity contribution in [3.05, 3.63) is 12.7 Å². The van der Waals surface area contributed by atoms with Crippen molar-refractivity contribution in [3.63, 3.8) is 0 Å². The van der Waals surface area contributed by atoms with Crippen LogP contribution in [-0.4, -0.2) is 11.5 Å².